The number of carbonyl (C=O) groups is 3. The van der Waals surface area contributed by atoms with Crippen LogP contribution in [0.25, 0.3) is 0 Å². The standard InChI is InChI=1S/C21H20FN3O4/c1-12-4-6-15(14(22)9-12)23-19(26)11-29-21(28)13-5-7-17-16(10-13)24-20(27)18-3-2-8-25(17)18/h4-7,9-10,18H,2-3,8,11H2,1H3,(H,23,26)(H,24,27)/t18-/m0/s1. The maximum atomic E-state index is 13.8. The van der Waals surface area contributed by atoms with E-state index in [4.69, 9.17) is 4.74 Å². The van der Waals surface area contributed by atoms with Crippen LogP contribution in [0, 0.1) is 12.7 Å². The summed E-state index contributed by atoms with van der Waals surface area (Å²) < 4.78 is 18.8. The Morgan fingerprint density at radius 2 is 2.10 bits per heavy atom. The van der Waals surface area contributed by atoms with Crippen LogP contribution in [0.15, 0.2) is 36.4 Å². The van der Waals surface area contributed by atoms with Crippen LogP contribution in [0.4, 0.5) is 21.5 Å². The molecule has 150 valence electrons. The minimum absolute atomic E-state index is 0.0216. The first-order valence-electron chi connectivity index (χ1n) is 9.37. The Morgan fingerprint density at radius 1 is 1.28 bits per heavy atom. The number of hydrogen-bond acceptors (Lipinski definition) is 5. The second-order valence-corrected chi connectivity index (χ2v) is 7.18. The Kier molecular flexibility index (Phi) is 4.92. The van der Waals surface area contributed by atoms with Crippen molar-refractivity contribution in [3.05, 3.63) is 53.3 Å². The number of fused-ring (bicyclic) bond motifs is 3. The van der Waals surface area contributed by atoms with Crippen molar-refractivity contribution in [1.29, 1.82) is 0 Å². The van der Waals surface area contributed by atoms with Gasteiger partial charge in [0.2, 0.25) is 5.91 Å². The number of anilines is 3. The Bertz CT molecular complexity index is 1010. The monoisotopic (exact) mass is 397 g/mol. The summed E-state index contributed by atoms with van der Waals surface area (Å²) in [5.41, 5.74) is 2.39. The molecule has 2 aliphatic rings. The fourth-order valence-electron chi connectivity index (χ4n) is 3.68. The highest BCUT2D eigenvalue weighted by molar-refractivity contribution is 6.05. The molecule has 2 aromatic rings. The minimum Gasteiger partial charge on any atom is -0.452 e. The van der Waals surface area contributed by atoms with Crippen molar-refractivity contribution >= 4 is 34.8 Å². The van der Waals surface area contributed by atoms with E-state index in [-0.39, 0.29) is 23.2 Å². The molecule has 29 heavy (non-hydrogen) atoms. The molecule has 7 nitrogen and oxygen atoms in total. The lowest BCUT2D eigenvalue weighted by Crippen LogP contribution is -2.43. The molecule has 2 N–H and O–H groups in total. The Morgan fingerprint density at radius 3 is 2.90 bits per heavy atom. The van der Waals surface area contributed by atoms with E-state index >= 15 is 0 Å². The van der Waals surface area contributed by atoms with E-state index in [0.717, 1.165) is 30.6 Å². The minimum atomic E-state index is -0.704. The van der Waals surface area contributed by atoms with Crippen LogP contribution in [0.2, 0.25) is 0 Å². The maximum Gasteiger partial charge on any atom is 0.338 e. The summed E-state index contributed by atoms with van der Waals surface area (Å²) in [7, 11) is 0. The van der Waals surface area contributed by atoms with Crippen LogP contribution in [-0.2, 0) is 14.3 Å². The molecule has 0 aliphatic carbocycles. The summed E-state index contributed by atoms with van der Waals surface area (Å²) in [4.78, 5) is 38.5. The molecule has 0 saturated carbocycles. The van der Waals surface area contributed by atoms with Crippen molar-refractivity contribution in [2.75, 3.05) is 28.7 Å². The maximum absolute atomic E-state index is 13.8. The molecule has 1 atom stereocenters. The lowest BCUT2D eigenvalue weighted by atomic mass is 10.1. The number of esters is 1. The zero-order valence-electron chi connectivity index (χ0n) is 15.8. The van der Waals surface area contributed by atoms with Gasteiger partial charge < -0.3 is 20.3 Å². The van der Waals surface area contributed by atoms with E-state index < -0.39 is 24.3 Å². The highest BCUT2D eigenvalue weighted by Gasteiger charge is 2.36. The second kappa shape index (κ2) is 7.54. The van der Waals surface area contributed by atoms with Crippen LogP contribution in [0.3, 0.4) is 0 Å². The molecule has 1 fully saturated rings. The summed E-state index contributed by atoms with van der Waals surface area (Å²) >= 11 is 0. The molecule has 2 amide bonds. The van der Waals surface area contributed by atoms with Crippen molar-refractivity contribution in [2.24, 2.45) is 0 Å². The van der Waals surface area contributed by atoms with Crippen LogP contribution in [0.1, 0.15) is 28.8 Å². The summed E-state index contributed by atoms with van der Waals surface area (Å²) in [6, 6.07) is 9.16. The number of carbonyl (C=O) groups excluding carboxylic acids is 3. The molecule has 1 saturated heterocycles. The Labute approximate surface area is 166 Å². The molecule has 0 aromatic heterocycles. The predicted octanol–water partition coefficient (Wildman–Crippen LogP) is 2.85. The van der Waals surface area contributed by atoms with Crippen molar-refractivity contribution in [2.45, 2.75) is 25.8 Å². The Hall–Kier alpha value is -3.42. The first kappa shape index (κ1) is 18.9. The van der Waals surface area contributed by atoms with Gasteiger partial charge in [-0.3, -0.25) is 9.59 Å². The molecular formula is C21H20FN3O4. The smallest absolute Gasteiger partial charge is 0.338 e. The number of nitrogens with one attached hydrogen (secondary N) is 2. The van der Waals surface area contributed by atoms with Gasteiger partial charge in [0, 0.05) is 6.54 Å². The number of benzene rings is 2. The van der Waals surface area contributed by atoms with Gasteiger partial charge in [0.15, 0.2) is 6.61 Å². The van der Waals surface area contributed by atoms with Gasteiger partial charge in [0.05, 0.1) is 22.6 Å². The molecule has 0 radical (unpaired) electrons. The van der Waals surface area contributed by atoms with Crippen molar-refractivity contribution in [3.8, 4) is 0 Å². The van der Waals surface area contributed by atoms with E-state index in [0.29, 0.717) is 5.69 Å². The fraction of sp³-hybridized carbons (Fsp3) is 0.286. The number of rotatable bonds is 4. The molecule has 0 bridgehead atoms. The summed E-state index contributed by atoms with van der Waals surface area (Å²) in [5, 5.41) is 5.20. The number of amides is 2. The van der Waals surface area contributed by atoms with E-state index in [9.17, 15) is 18.8 Å². The van der Waals surface area contributed by atoms with Gasteiger partial charge in [0.1, 0.15) is 11.9 Å². The number of halogens is 1. The summed E-state index contributed by atoms with van der Waals surface area (Å²) in [6.07, 6.45) is 1.75. The van der Waals surface area contributed by atoms with Crippen LogP contribution < -0.4 is 15.5 Å². The highest BCUT2D eigenvalue weighted by Crippen LogP contribution is 2.37. The molecule has 2 aromatic carbocycles. The van der Waals surface area contributed by atoms with E-state index in [1.807, 2.05) is 4.90 Å². The third kappa shape index (κ3) is 3.78. The van der Waals surface area contributed by atoms with E-state index in [2.05, 4.69) is 10.6 Å². The molecule has 2 heterocycles. The van der Waals surface area contributed by atoms with Crippen molar-refractivity contribution in [3.63, 3.8) is 0 Å². The number of nitrogens with zero attached hydrogens (tertiary/aromatic N) is 1. The van der Waals surface area contributed by atoms with Crippen LogP contribution in [0.5, 0.6) is 0 Å². The predicted molar refractivity (Wildman–Crippen MR) is 105 cm³/mol. The normalized spacial score (nSPS) is 17.2. The average Bonchev–Trinajstić information content (AvgIpc) is 3.19. The van der Waals surface area contributed by atoms with Gasteiger partial charge in [-0.2, -0.15) is 0 Å². The van der Waals surface area contributed by atoms with Gasteiger partial charge in [0.25, 0.3) is 5.91 Å². The first-order chi connectivity index (χ1) is 13.9. The molecule has 8 heteroatoms. The van der Waals surface area contributed by atoms with Crippen LogP contribution in [-0.4, -0.2) is 37.0 Å². The van der Waals surface area contributed by atoms with Gasteiger partial charge in [-0.25, -0.2) is 9.18 Å². The van der Waals surface area contributed by atoms with E-state index in [1.54, 1.807) is 31.2 Å². The molecule has 0 unspecified atom stereocenters. The van der Waals surface area contributed by atoms with Crippen molar-refractivity contribution < 1.29 is 23.5 Å². The largest absolute Gasteiger partial charge is 0.452 e. The Balaban J connectivity index is 1.39. The SMILES string of the molecule is Cc1ccc(NC(=O)COC(=O)c2ccc3c(c2)NC(=O)[C@@H]2CCCN32)c(F)c1. The van der Waals surface area contributed by atoms with Gasteiger partial charge in [-0.1, -0.05) is 6.07 Å². The average molecular weight is 397 g/mol. The first-order valence-corrected chi connectivity index (χ1v) is 9.37. The molecular weight excluding hydrogens is 377 g/mol. The third-order valence-electron chi connectivity index (χ3n) is 5.09. The summed E-state index contributed by atoms with van der Waals surface area (Å²) in [5.74, 6) is -1.99. The lowest BCUT2D eigenvalue weighted by Gasteiger charge is -2.33. The number of ether oxygens (including phenoxy) is 1. The third-order valence-corrected chi connectivity index (χ3v) is 5.09. The quantitative estimate of drug-likeness (QED) is 0.775. The molecule has 0 spiro atoms. The fourth-order valence-corrected chi connectivity index (χ4v) is 3.68. The molecule has 4 rings (SSSR count). The zero-order valence-corrected chi connectivity index (χ0v) is 15.8. The zero-order chi connectivity index (χ0) is 20.5. The van der Waals surface area contributed by atoms with E-state index in [1.165, 1.54) is 12.1 Å². The van der Waals surface area contributed by atoms with Crippen molar-refractivity contribution in [1.82, 2.24) is 0 Å². The van der Waals surface area contributed by atoms with Gasteiger partial charge in [-0.15, -0.1) is 0 Å². The van der Waals surface area contributed by atoms with Crippen LogP contribution >= 0.6 is 0 Å². The highest BCUT2D eigenvalue weighted by atomic mass is 19.1. The second-order valence-electron chi connectivity index (χ2n) is 7.18. The molecule has 2 aliphatic heterocycles. The number of aryl methyl sites for hydroxylation is 1. The summed E-state index contributed by atoms with van der Waals surface area (Å²) in [6.45, 7) is 1.98. The topological polar surface area (TPSA) is 87.7 Å². The lowest BCUT2D eigenvalue weighted by molar-refractivity contribution is -0.119. The van der Waals surface area contributed by atoms with Gasteiger partial charge in [-0.05, 0) is 55.7 Å². The van der Waals surface area contributed by atoms with Gasteiger partial charge >= 0.3 is 5.97 Å². The number of hydrogen-bond donors (Lipinski definition) is 2.